The molecule has 1 amide bonds. The first-order valence-corrected chi connectivity index (χ1v) is 8.25. The Kier molecular flexibility index (Phi) is 5.16. The van der Waals surface area contributed by atoms with Crippen LogP contribution in [0.3, 0.4) is 0 Å². The number of hydrogen-bond donors (Lipinski definition) is 0. The van der Waals surface area contributed by atoms with Gasteiger partial charge in [0.15, 0.2) is 0 Å². The van der Waals surface area contributed by atoms with Crippen LogP contribution in [0.1, 0.15) is 40.4 Å². The molecule has 0 aliphatic carbocycles. The summed E-state index contributed by atoms with van der Waals surface area (Å²) in [4.78, 5) is 15.0. The summed E-state index contributed by atoms with van der Waals surface area (Å²) >= 11 is 0. The normalized spacial score (nSPS) is 17.1. The van der Waals surface area contributed by atoms with Gasteiger partial charge in [0.2, 0.25) is 0 Å². The lowest BCUT2D eigenvalue weighted by atomic mass is 10.0. The number of rotatable bonds is 5. The molecule has 1 saturated heterocycles. The number of benzene rings is 2. The van der Waals surface area contributed by atoms with Crippen LogP contribution >= 0.6 is 0 Å². The Morgan fingerprint density at radius 1 is 1.17 bits per heavy atom. The molecule has 2 aromatic rings. The number of nitrogens with zero attached hydrogens (tertiary/aromatic N) is 1. The highest BCUT2D eigenvalue weighted by Gasteiger charge is 2.30. The van der Waals surface area contributed by atoms with Crippen LogP contribution in [0, 0.1) is 0 Å². The summed E-state index contributed by atoms with van der Waals surface area (Å²) < 4.78 is 10.5. The highest BCUT2D eigenvalue weighted by molar-refractivity contribution is 5.94. The summed E-state index contributed by atoms with van der Waals surface area (Å²) in [5.74, 6) is 0.909. The quantitative estimate of drug-likeness (QED) is 0.839. The van der Waals surface area contributed by atoms with Crippen molar-refractivity contribution in [3.8, 4) is 5.75 Å². The SMILES string of the molecule is COCc1cccc(C(=O)N2CCCC2c2cccc(OC)c2)c1. The zero-order valence-electron chi connectivity index (χ0n) is 14.2. The molecule has 1 fully saturated rings. The van der Waals surface area contributed by atoms with E-state index < -0.39 is 0 Å². The Hall–Kier alpha value is -2.33. The molecule has 0 radical (unpaired) electrons. The van der Waals surface area contributed by atoms with Gasteiger partial charge < -0.3 is 14.4 Å². The van der Waals surface area contributed by atoms with E-state index in [9.17, 15) is 4.79 Å². The summed E-state index contributed by atoms with van der Waals surface area (Å²) in [5.41, 5.74) is 2.87. The number of hydrogen-bond acceptors (Lipinski definition) is 3. The van der Waals surface area contributed by atoms with Gasteiger partial charge in [-0.05, 0) is 48.2 Å². The van der Waals surface area contributed by atoms with Gasteiger partial charge in [-0.25, -0.2) is 0 Å². The molecule has 0 aromatic heterocycles. The lowest BCUT2D eigenvalue weighted by Gasteiger charge is -2.25. The molecule has 3 rings (SSSR count). The van der Waals surface area contributed by atoms with Crippen LogP contribution in [-0.2, 0) is 11.3 Å². The molecule has 24 heavy (non-hydrogen) atoms. The van der Waals surface area contributed by atoms with Crippen LogP contribution in [0.25, 0.3) is 0 Å². The van der Waals surface area contributed by atoms with E-state index in [0.717, 1.165) is 41.8 Å². The highest BCUT2D eigenvalue weighted by atomic mass is 16.5. The first kappa shape index (κ1) is 16.5. The second kappa shape index (κ2) is 7.49. The van der Waals surface area contributed by atoms with E-state index in [4.69, 9.17) is 9.47 Å². The van der Waals surface area contributed by atoms with E-state index in [0.29, 0.717) is 6.61 Å². The maximum atomic E-state index is 13.0. The van der Waals surface area contributed by atoms with Crippen molar-refractivity contribution in [2.75, 3.05) is 20.8 Å². The van der Waals surface area contributed by atoms with Crippen molar-refractivity contribution in [3.63, 3.8) is 0 Å². The summed E-state index contributed by atoms with van der Waals surface area (Å²) in [6, 6.07) is 15.8. The minimum atomic E-state index is 0.0817. The van der Waals surface area contributed by atoms with Gasteiger partial charge in [-0.3, -0.25) is 4.79 Å². The van der Waals surface area contributed by atoms with Crippen LogP contribution in [0.2, 0.25) is 0 Å². The third-order valence-electron chi connectivity index (χ3n) is 4.48. The van der Waals surface area contributed by atoms with Crippen LogP contribution in [0.4, 0.5) is 0 Å². The Labute approximate surface area is 143 Å². The smallest absolute Gasteiger partial charge is 0.254 e. The fraction of sp³-hybridized carbons (Fsp3) is 0.350. The van der Waals surface area contributed by atoms with Crippen molar-refractivity contribution in [3.05, 3.63) is 65.2 Å². The van der Waals surface area contributed by atoms with E-state index in [1.165, 1.54) is 0 Å². The largest absolute Gasteiger partial charge is 0.497 e. The minimum Gasteiger partial charge on any atom is -0.497 e. The number of methoxy groups -OCH3 is 2. The average Bonchev–Trinajstić information content (AvgIpc) is 3.11. The fourth-order valence-electron chi connectivity index (χ4n) is 3.33. The van der Waals surface area contributed by atoms with Crippen molar-refractivity contribution < 1.29 is 14.3 Å². The number of carbonyl (C=O) groups is 1. The first-order chi connectivity index (χ1) is 11.7. The first-order valence-electron chi connectivity index (χ1n) is 8.25. The van der Waals surface area contributed by atoms with Gasteiger partial charge in [-0.15, -0.1) is 0 Å². The van der Waals surface area contributed by atoms with Crippen molar-refractivity contribution >= 4 is 5.91 Å². The predicted molar refractivity (Wildman–Crippen MR) is 93.2 cm³/mol. The third kappa shape index (κ3) is 3.44. The molecule has 0 N–H and O–H groups in total. The number of amides is 1. The molecule has 1 aliphatic heterocycles. The lowest BCUT2D eigenvalue weighted by molar-refractivity contribution is 0.0735. The van der Waals surface area contributed by atoms with E-state index >= 15 is 0 Å². The molecular weight excluding hydrogens is 302 g/mol. The minimum absolute atomic E-state index is 0.0817. The highest BCUT2D eigenvalue weighted by Crippen LogP contribution is 2.34. The van der Waals surface area contributed by atoms with Gasteiger partial charge in [0.1, 0.15) is 5.75 Å². The van der Waals surface area contributed by atoms with Gasteiger partial charge in [-0.2, -0.15) is 0 Å². The molecule has 4 heteroatoms. The monoisotopic (exact) mass is 325 g/mol. The Morgan fingerprint density at radius 2 is 2.00 bits per heavy atom. The van der Waals surface area contributed by atoms with Crippen molar-refractivity contribution in [1.82, 2.24) is 4.90 Å². The van der Waals surface area contributed by atoms with E-state index in [2.05, 4.69) is 6.07 Å². The zero-order valence-corrected chi connectivity index (χ0v) is 14.2. The van der Waals surface area contributed by atoms with Crippen LogP contribution < -0.4 is 4.74 Å². The lowest BCUT2D eigenvalue weighted by Crippen LogP contribution is -2.30. The Morgan fingerprint density at radius 3 is 2.79 bits per heavy atom. The maximum absolute atomic E-state index is 13.0. The summed E-state index contributed by atoms with van der Waals surface area (Å²) in [6.07, 6.45) is 2.00. The number of ether oxygens (including phenoxy) is 2. The van der Waals surface area contributed by atoms with Crippen molar-refractivity contribution in [2.24, 2.45) is 0 Å². The molecule has 126 valence electrons. The van der Waals surface area contributed by atoms with Crippen molar-refractivity contribution in [1.29, 1.82) is 0 Å². The van der Waals surface area contributed by atoms with Gasteiger partial charge in [0.25, 0.3) is 5.91 Å². The second-order valence-corrected chi connectivity index (χ2v) is 6.07. The van der Waals surface area contributed by atoms with Gasteiger partial charge in [0, 0.05) is 19.2 Å². The molecule has 0 saturated carbocycles. The summed E-state index contributed by atoms with van der Waals surface area (Å²) in [5, 5.41) is 0. The molecule has 1 atom stereocenters. The molecule has 1 aliphatic rings. The van der Waals surface area contributed by atoms with Gasteiger partial charge >= 0.3 is 0 Å². The molecule has 2 aromatic carbocycles. The second-order valence-electron chi connectivity index (χ2n) is 6.07. The van der Waals surface area contributed by atoms with Crippen LogP contribution in [0.5, 0.6) is 5.75 Å². The molecular formula is C20H23NO3. The fourth-order valence-corrected chi connectivity index (χ4v) is 3.33. The van der Waals surface area contributed by atoms with Crippen molar-refractivity contribution in [2.45, 2.75) is 25.5 Å². The standard InChI is InChI=1S/C20H23NO3/c1-23-14-15-6-3-8-17(12-15)20(22)21-11-5-10-19(21)16-7-4-9-18(13-16)24-2/h3-4,6-9,12-13,19H,5,10-11,14H2,1-2H3. The molecule has 0 bridgehead atoms. The molecule has 1 heterocycles. The number of carbonyl (C=O) groups excluding carboxylic acids is 1. The molecule has 4 nitrogen and oxygen atoms in total. The average molecular weight is 325 g/mol. The van der Waals surface area contributed by atoms with Crippen LogP contribution in [-0.4, -0.2) is 31.6 Å². The van der Waals surface area contributed by atoms with Crippen LogP contribution in [0.15, 0.2) is 48.5 Å². The topological polar surface area (TPSA) is 38.8 Å². The molecule has 1 unspecified atom stereocenters. The van der Waals surface area contributed by atoms with E-state index in [1.54, 1.807) is 14.2 Å². The zero-order chi connectivity index (χ0) is 16.9. The predicted octanol–water partition coefficient (Wildman–Crippen LogP) is 3.82. The Balaban J connectivity index is 1.84. The van der Waals surface area contributed by atoms with E-state index in [1.807, 2.05) is 47.4 Å². The third-order valence-corrected chi connectivity index (χ3v) is 4.48. The van der Waals surface area contributed by atoms with Gasteiger partial charge in [0.05, 0.1) is 19.8 Å². The van der Waals surface area contributed by atoms with Gasteiger partial charge in [-0.1, -0.05) is 24.3 Å². The summed E-state index contributed by atoms with van der Waals surface area (Å²) in [6.45, 7) is 1.30. The summed E-state index contributed by atoms with van der Waals surface area (Å²) in [7, 11) is 3.33. The van der Waals surface area contributed by atoms with E-state index in [-0.39, 0.29) is 11.9 Å². The molecule has 0 spiro atoms. The maximum Gasteiger partial charge on any atom is 0.254 e. The Bertz CT molecular complexity index is 714. The number of likely N-dealkylation sites (tertiary alicyclic amines) is 1.